The molecule has 2 aliphatic rings. The highest BCUT2D eigenvalue weighted by molar-refractivity contribution is 7.80. The highest BCUT2D eigenvalue weighted by Crippen LogP contribution is 2.34. The number of amides is 2. The van der Waals surface area contributed by atoms with Gasteiger partial charge in [-0.25, -0.2) is 4.79 Å². The molecule has 114 valence electrons. The predicted octanol–water partition coefficient (Wildman–Crippen LogP) is 1.83. The molecule has 0 radical (unpaired) electrons. The Kier molecular flexibility index (Phi) is 4.76. The minimum atomic E-state index is -1.00. The van der Waals surface area contributed by atoms with E-state index in [0.717, 1.165) is 19.5 Å². The minimum Gasteiger partial charge on any atom is -0.435 e. The summed E-state index contributed by atoms with van der Waals surface area (Å²) in [6.45, 7) is 6.15. The van der Waals surface area contributed by atoms with Crippen molar-refractivity contribution < 1.29 is 19.2 Å². The fourth-order valence-electron chi connectivity index (χ4n) is 3.67. The lowest BCUT2D eigenvalue weighted by molar-refractivity contribution is -0.794. The van der Waals surface area contributed by atoms with E-state index in [1.165, 1.54) is 12.8 Å². The Morgan fingerprint density at radius 3 is 2.50 bits per heavy atom. The molecule has 2 heterocycles. The number of thiol groups is 1. The average Bonchev–Trinajstić information content (AvgIpc) is 3.04. The number of rotatable bonds is 3. The molecule has 5 nitrogen and oxygen atoms in total. The van der Waals surface area contributed by atoms with E-state index in [1.54, 1.807) is 6.92 Å². The van der Waals surface area contributed by atoms with Crippen molar-refractivity contribution in [3.63, 3.8) is 0 Å². The summed E-state index contributed by atoms with van der Waals surface area (Å²) in [5, 5.41) is 9.72. The van der Waals surface area contributed by atoms with E-state index >= 15 is 0 Å². The van der Waals surface area contributed by atoms with Crippen molar-refractivity contribution in [1.82, 2.24) is 4.90 Å². The lowest BCUT2D eigenvalue weighted by Gasteiger charge is -2.32. The Morgan fingerprint density at radius 1 is 1.40 bits per heavy atom. The number of carboxylic acid groups (broad SMARTS) is 1. The van der Waals surface area contributed by atoms with Crippen molar-refractivity contribution in [3.8, 4) is 0 Å². The standard InChI is InChI=1S/C14H24N2O3S/c1-10(9-20)13(17)16(14(18)19)8-12(7-11(16)2)15-5-3-4-6-15/h10-12H,3-9H2,1-2H3,(H-,18,19,20)/p+1/t10?,11-,12+,16+/m1/s1. The molecule has 6 heteroatoms. The van der Waals surface area contributed by atoms with Crippen molar-refractivity contribution in [2.24, 2.45) is 5.92 Å². The normalized spacial score (nSPS) is 36.1. The summed E-state index contributed by atoms with van der Waals surface area (Å²) in [5.41, 5.74) is 0. The summed E-state index contributed by atoms with van der Waals surface area (Å²) >= 11 is 4.16. The Hall–Kier alpha value is -0.590. The first-order chi connectivity index (χ1) is 9.43. The first-order valence-electron chi connectivity index (χ1n) is 7.44. The fourth-order valence-corrected chi connectivity index (χ4v) is 3.83. The zero-order valence-electron chi connectivity index (χ0n) is 12.3. The van der Waals surface area contributed by atoms with Crippen molar-refractivity contribution >= 4 is 24.6 Å². The summed E-state index contributed by atoms with van der Waals surface area (Å²) in [6.07, 6.45) is 2.15. The van der Waals surface area contributed by atoms with Crippen LogP contribution in [0.2, 0.25) is 0 Å². The van der Waals surface area contributed by atoms with Gasteiger partial charge in [-0.2, -0.15) is 21.9 Å². The van der Waals surface area contributed by atoms with Gasteiger partial charge in [0.1, 0.15) is 12.6 Å². The van der Waals surface area contributed by atoms with Gasteiger partial charge in [-0.05, 0) is 39.8 Å². The maximum atomic E-state index is 12.6. The third kappa shape index (κ3) is 2.49. The van der Waals surface area contributed by atoms with Gasteiger partial charge in [-0.1, -0.05) is 0 Å². The van der Waals surface area contributed by atoms with E-state index in [4.69, 9.17) is 0 Å². The van der Waals surface area contributed by atoms with Gasteiger partial charge in [0.25, 0.3) is 0 Å². The second-order valence-electron chi connectivity index (χ2n) is 6.24. The third-order valence-electron chi connectivity index (χ3n) is 4.95. The van der Waals surface area contributed by atoms with Crippen molar-refractivity contribution in [2.75, 3.05) is 25.4 Å². The summed E-state index contributed by atoms with van der Waals surface area (Å²) in [5.74, 6) is -0.122. The molecule has 20 heavy (non-hydrogen) atoms. The van der Waals surface area contributed by atoms with Crippen LogP contribution in [0.3, 0.4) is 0 Å². The van der Waals surface area contributed by atoms with Gasteiger partial charge >= 0.3 is 12.0 Å². The Bertz CT molecular complexity index is 398. The number of nitrogens with zero attached hydrogens (tertiary/aromatic N) is 2. The van der Waals surface area contributed by atoms with Crippen LogP contribution in [-0.2, 0) is 4.79 Å². The van der Waals surface area contributed by atoms with Crippen LogP contribution in [0.1, 0.15) is 33.1 Å². The maximum Gasteiger partial charge on any atom is 0.521 e. The summed E-state index contributed by atoms with van der Waals surface area (Å²) in [4.78, 5) is 26.9. The molecule has 0 spiro atoms. The number of carbonyl (C=O) groups is 2. The van der Waals surface area contributed by atoms with Gasteiger partial charge in [0.15, 0.2) is 0 Å². The third-order valence-corrected chi connectivity index (χ3v) is 5.50. The number of likely N-dealkylation sites (tertiary alicyclic amines) is 2. The zero-order valence-corrected chi connectivity index (χ0v) is 13.2. The van der Waals surface area contributed by atoms with Crippen LogP contribution in [-0.4, -0.2) is 64.0 Å². The van der Waals surface area contributed by atoms with Crippen LogP contribution in [0.15, 0.2) is 0 Å². The van der Waals surface area contributed by atoms with Crippen LogP contribution in [0.25, 0.3) is 0 Å². The molecular weight excluding hydrogens is 276 g/mol. The molecule has 0 aromatic carbocycles. The lowest BCUT2D eigenvalue weighted by Crippen LogP contribution is -2.61. The first-order valence-corrected chi connectivity index (χ1v) is 8.07. The topological polar surface area (TPSA) is 57.6 Å². The number of hydrogen-bond acceptors (Lipinski definition) is 4. The first kappa shape index (κ1) is 15.8. The molecule has 2 rings (SSSR count). The second kappa shape index (κ2) is 6.03. The average molecular weight is 301 g/mol. The van der Waals surface area contributed by atoms with E-state index < -0.39 is 10.6 Å². The van der Waals surface area contributed by atoms with E-state index in [2.05, 4.69) is 17.5 Å². The number of imide groups is 1. The van der Waals surface area contributed by atoms with Crippen molar-refractivity contribution in [3.05, 3.63) is 0 Å². The molecule has 0 bridgehead atoms. The summed E-state index contributed by atoms with van der Waals surface area (Å²) < 4.78 is -0.414. The molecule has 2 fully saturated rings. The smallest absolute Gasteiger partial charge is 0.435 e. The van der Waals surface area contributed by atoms with Gasteiger partial charge in [-0.3, -0.25) is 4.90 Å². The van der Waals surface area contributed by atoms with Gasteiger partial charge < -0.3 is 5.11 Å². The highest BCUT2D eigenvalue weighted by Gasteiger charge is 2.58. The second-order valence-corrected chi connectivity index (χ2v) is 6.60. The Morgan fingerprint density at radius 2 is 2.00 bits per heavy atom. The zero-order chi connectivity index (χ0) is 14.9. The van der Waals surface area contributed by atoms with Gasteiger partial charge in [0.2, 0.25) is 0 Å². The van der Waals surface area contributed by atoms with Crippen molar-refractivity contribution in [2.45, 2.75) is 45.2 Å². The Labute approximate surface area is 125 Å². The van der Waals surface area contributed by atoms with Crippen molar-refractivity contribution in [1.29, 1.82) is 0 Å². The lowest BCUT2D eigenvalue weighted by atomic mass is 10.1. The molecule has 0 aromatic rings. The van der Waals surface area contributed by atoms with Crippen LogP contribution in [0.5, 0.6) is 0 Å². The molecule has 1 N–H and O–H groups in total. The summed E-state index contributed by atoms with van der Waals surface area (Å²) in [7, 11) is 0. The monoisotopic (exact) mass is 301 g/mol. The van der Waals surface area contributed by atoms with Crippen LogP contribution in [0.4, 0.5) is 4.79 Å². The van der Waals surface area contributed by atoms with Gasteiger partial charge in [0.05, 0.1) is 12.0 Å². The van der Waals surface area contributed by atoms with E-state index in [-0.39, 0.29) is 23.9 Å². The van der Waals surface area contributed by atoms with Crippen LogP contribution in [0, 0.1) is 5.92 Å². The predicted molar refractivity (Wildman–Crippen MR) is 79.9 cm³/mol. The molecule has 2 aliphatic heterocycles. The highest BCUT2D eigenvalue weighted by atomic mass is 32.1. The maximum absolute atomic E-state index is 12.6. The number of quaternary nitrogens is 1. The van der Waals surface area contributed by atoms with E-state index in [1.807, 2.05) is 6.92 Å². The molecule has 4 atom stereocenters. The molecule has 1 unspecified atom stereocenters. The largest absolute Gasteiger partial charge is 0.521 e. The molecular formula is C14H25N2O3S+. The summed E-state index contributed by atoms with van der Waals surface area (Å²) in [6, 6.07) is 0.0626. The molecule has 0 aromatic heterocycles. The number of hydrogen-bond donors (Lipinski definition) is 2. The molecule has 0 saturated carbocycles. The van der Waals surface area contributed by atoms with E-state index in [0.29, 0.717) is 12.3 Å². The van der Waals surface area contributed by atoms with E-state index in [9.17, 15) is 14.7 Å². The van der Waals surface area contributed by atoms with Crippen LogP contribution < -0.4 is 0 Å². The quantitative estimate of drug-likeness (QED) is 0.617. The molecule has 0 aliphatic carbocycles. The Balaban J connectivity index is 2.24. The minimum absolute atomic E-state index is 0.159. The fraction of sp³-hybridized carbons (Fsp3) is 0.857. The SMILES string of the molecule is CC(CS)C(=O)[N@+]1(C(=O)O)C[C@@H](N2CCCC2)C[C@H]1C. The van der Waals surface area contributed by atoms with Gasteiger partial charge in [0, 0.05) is 12.2 Å². The van der Waals surface area contributed by atoms with Gasteiger partial charge in [-0.15, -0.1) is 0 Å². The molecule has 2 saturated heterocycles. The molecule has 2 amide bonds. The van der Waals surface area contributed by atoms with Crippen LogP contribution >= 0.6 is 12.6 Å². The number of carbonyl (C=O) groups excluding carboxylic acids is 1.